The number of ether oxygens (including phenoxy) is 1. The Morgan fingerprint density at radius 3 is 2.77 bits per heavy atom. The van der Waals surface area contributed by atoms with Crippen LogP contribution in [0.3, 0.4) is 0 Å². The highest BCUT2D eigenvalue weighted by Crippen LogP contribution is 2.10. The molecule has 0 aliphatic rings. The van der Waals surface area contributed by atoms with Gasteiger partial charge in [-0.25, -0.2) is 0 Å². The number of para-hydroxylation sites is 1. The van der Waals surface area contributed by atoms with E-state index in [9.17, 15) is 0 Å². The van der Waals surface area contributed by atoms with E-state index in [-0.39, 0.29) is 0 Å². The van der Waals surface area contributed by atoms with Crippen LogP contribution in [-0.2, 0) is 4.74 Å². The van der Waals surface area contributed by atoms with Gasteiger partial charge in [0.15, 0.2) is 0 Å². The molecule has 0 atom stereocenters. The lowest BCUT2D eigenvalue weighted by Crippen LogP contribution is -1.98. The fourth-order valence-electron chi connectivity index (χ4n) is 0.885. The summed E-state index contributed by atoms with van der Waals surface area (Å²) in [7, 11) is 0. The summed E-state index contributed by atoms with van der Waals surface area (Å²) in [4.78, 5) is 0. The van der Waals surface area contributed by atoms with Crippen molar-refractivity contribution in [2.45, 2.75) is 6.92 Å². The summed E-state index contributed by atoms with van der Waals surface area (Å²) >= 11 is 1.67. The number of benzene rings is 1. The Morgan fingerprint density at radius 2 is 2.08 bits per heavy atom. The van der Waals surface area contributed by atoms with E-state index in [1.54, 1.807) is 11.9 Å². The van der Waals surface area contributed by atoms with Gasteiger partial charge >= 0.3 is 0 Å². The second kappa shape index (κ2) is 6.80. The first kappa shape index (κ1) is 10.4. The summed E-state index contributed by atoms with van der Waals surface area (Å²) in [5.41, 5.74) is 1.14. The topological polar surface area (TPSA) is 21.3 Å². The van der Waals surface area contributed by atoms with Crippen molar-refractivity contribution in [2.75, 3.05) is 23.7 Å². The average molecular weight is 197 g/mol. The van der Waals surface area contributed by atoms with Crippen LogP contribution in [0.25, 0.3) is 0 Å². The van der Waals surface area contributed by atoms with Gasteiger partial charge in [0, 0.05) is 18.0 Å². The molecule has 2 nitrogen and oxygen atoms in total. The number of anilines is 1. The zero-order valence-electron chi connectivity index (χ0n) is 7.82. The van der Waals surface area contributed by atoms with Gasteiger partial charge in [0.1, 0.15) is 0 Å². The first-order valence-electron chi connectivity index (χ1n) is 4.44. The van der Waals surface area contributed by atoms with E-state index in [1.165, 1.54) is 0 Å². The summed E-state index contributed by atoms with van der Waals surface area (Å²) in [6, 6.07) is 10.1. The molecular weight excluding hydrogens is 182 g/mol. The average Bonchev–Trinajstić information content (AvgIpc) is 2.19. The van der Waals surface area contributed by atoms with E-state index >= 15 is 0 Å². The molecule has 0 saturated carbocycles. The van der Waals surface area contributed by atoms with Crippen LogP contribution in [-0.4, -0.2) is 19.0 Å². The summed E-state index contributed by atoms with van der Waals surface area (Å²) in [5, 5.41) is 0. The van der Waals surface area contributed by atoms with Gasteiger partial charge in [0.05, 0.1) is 6.61 Å². The molecule has 72 valence electrons. The first-order chi connectivity index (χ1) is 6.43. The third kappa shape index (κ3) is 4.80. The highest BCUT2D eigenvalue weighted by Gasteiger charge is 1.89. The molecular formula is C10H15NOS. The zero-order valence-corrected chi connectivity index (χ0v) is 8.64. The van der Waals surface area contributed by atoms with Crippen molar-refractivity contribution in [3.05, 3.63) is 30.3 Å². The highest BCUT2D eigenvalue weighted by atomic mass is 32.2. The quantitative estimate of drug-likeness (QED) is 0.559. The van der Waals surface area contributed by atoms with Crippen molar-refractivity contribution >= 4 is 17.6 Å². The maximum atomic E-state index is 5.21. The Kier molecular flexibility index (Phi) is 5.45. The zero-order chi connectivity index (χ0) is 9.36. The third-order valence-corrected chi connectivity index (χ3v) is 2.25. The van der Waals surface area contributed by atoms with Crippen LogP contribution in [0.1, 0.15) is 6.92 Å². The molecule has 0 aromatic heterocycles. The van der Waals surface area contributed by atoms with Crippen LogP contribution in [0.15, 0.2) is 30.3 Å². The lowest BCUT2D eigenvalue weighted by atomic mass is 10.3. The van der Waals surface area contributed by atoms with Crippen molar-refractivity contribution in [3.63, 3.8) is 0 Å². The molecule has 1 aromatic carbocycles. The van der Waals surface area contributed by atoms with Gasteiger partial charge in [-0.3, -0.25) is 0 Å². The van der Waals surface area contributed by atoms with Crippen LogP contribution >= 0.6 is 11.9 Å². The minimum Gasteiger partial charge on any atom is -0.381 e. The maximum absolute atomic E-state index is 5.21. The lowest BCUT2D eigenvalue weighted by molar-refractivity contribution is 0.164. The van der Waals surface area contributed by atoms with Crippen LogP contribution in [0.5, 0.6) is 0 Å². The summed E-state index contributed by atoms with van der Waals surface area (Å²) in [6.07, 6.45) is 0. The van der Waals surface area contributed by atoms with Gasteiger partial charge in [-0.2, -0.15) is 0 Å². The van der Waals surface area contributed by atoms with Gasteiger partial charge in [0.2, 0.25) is 0 Å². The minimum atomic E-state index is 0.798. The van der Waals surface area contributed by atoms with Crippen molar-refractivity contribution in [1.29, 1.82) is 0 Å². The minimum absolute atomic E-state index is 0.798. The first-order valence-corrected chi connectivity index (χ1v) is 5.42. The van der Waals surface area contributed by atoms with Crippen LogP contribution in [0.4, 0.5) is 5.69 Å². The van der Waals surface area contributed by atoms with Crippen LogP contribution in [0.2, 0.25) is 0 Å². The van der Waals surface area contributed by atoms with Gasteiger partial charge in [-0.1, -0.05) is 30.1 Å². The largest absolute Gasteiger partial charge is 0.381 e. The highest BCUT2D eigenvalue weighted by molar-refractivity contribution is 8.00. The second-order valence-electron chi connectivity index (χ2n) is 2.51. The van der Waals surface area contributed by atoms with Crippen LogP contribution < -0.4 is 4.72 Å². The van der Waals surface area contributed by atoms with Gasteiger partial charge in [-0.05, 0) is 19.1 Å². The van der Waals surface area contributed by atoms with E-state index in [2.05, 4.69) is 4.72 Å². The Balaban J connectivity index is 2.07. The molecule has 0 amide bonds. The molecule has 3 heteroatoms. The van der Waals surface area contributed by atoms with Crippen LogP contribution in [0, 0.1) is 0 Å². The van der Waals surface area contributed by atoms with E-state index in [4.69, 9.17) is 4.74 Å². The van der Waals surface area contributed by atoms with Gasteiger partial charge in [0.25, 0.3) is 0 Å². The molecule has 0 heterocycles. The predicted octanol–water partition coefficient (Wildman–Crippen LogP) is 2.78. The van der Waals surface area contributed by atoms with Gasteiger partial charge < -0.3 is 9.46 Å². The summed E-state index contributed by atoms with van der Waals surface area (Å²) < 4.78 is 8.45. The number of hydrogen-bond acceptors (Lipinski definition) is 3. The summed E-state index contributed by atoms with van der Waals surface area (Å²) in [5.74, 6) is 0.975. The molecule has 0 aliphatic heterocycles. The molecule has 0 aliphatic carbocycles. The van der Waals surface area contributed by atoms with E-state index in [0.717, 1.165) is 24.7 Å². The standard InChI is InChI=1S/C10H15NOS/c1-2-12-8-9-13-11-10-6-4-3-5-7-10/h3-7,11H,2,8-9H2,1H3. The monoisotopic (exact) mass is 197 g/mol. The van der Waals surface area contributed by atoms with E-state index < -0.39 is 0 Å². The normalized spacial score (nSPS) is 9.92. The summed E-state index contributed by atoms with van der Waals surface area (Å²) in [6.45, 7) is 3.61. The second-order valence-corrected chi connectivity index (χ2v) is 3.41. The van der Waals surface area contributed by atoms with Crippen molar-refractivity contribution < 1.29 is 4.74 Å². The van der Waals surface area contributed by atoms with Crippen molar-refractivity contribution in [1.82, 2.24) is 0 Å². The molecule has 1 aromatic rings. The van der Waals surface area contributed by atoms with Crippen molar-refractivity contribution in [3.8, 4) is 0 Å². The fourth-order valence-corrected chi connectivity index (χ4v) is 1.49. The molecule has 1 rings (SSSR count). The van der Waals surface area contributed by atoms with E-state index in [0.29, 0.717) is 0 Å². The molecule has 0 bridgehead atoms. The van der Waals surface area contributed by atoms with E-state index in [1.807, 2.05) is 37.3 Å². The molecule has 0 fully saturated rings. The molecule has 0 unspecified atom stereocenters. The number of rotatable bonds is 6. The predicted molar refractivity (Wildman–Crippen MR) is 59.0 cm³/mol. The molecule has 0 saturated heterocycles. The molecule has 0 radical (unpaired) electrons. The third-order valence-electron chi connectivity index (χ3n) is 1.50. The Morgan fingerprint density at radius 1 is 1.31 bits per heavy atom. The Hall–Kier alpha value is -0.670. The SMILES string of the molecule is CCOCCSNc1ccccc1. The molecule has 0 spiro atoms. The molecule has 1 N–H and O–H groups in total. The maximum Gasteiger partial charge on any atom is 0.0573 e. The lowest BCUT2D eigenvalue weighted by Gasteiger charge is -2.04. The van der Waals surface area contributed by atoms with Gasteiger partial charge in [-0.15, -0.1) is 0 Å². The number of nitrogens with one attached hydrogen (secondary N) is 1. The Labute approximate surface area is 83.8 Å². The smallest absolute Gasteiger partial charge is 0.0573 e. The number of hydrogen-bond donors (Lipinski definition) is 1. The molecule has 13 heavy (non-hydrogen) atoms. The Bertz CT molecular complexity index is 215. The van der Waals surface area contributed by atoms with Crippen molar-refractivity contribution in [2.24, 2.45) is 0 Å². The fraction of sp³-hybridized carbons (Fsp3) is 0.400.